The van der Waals surface area contributed by atoms with Crippen molar-refractivity contribution in [1.29, 1.82) is 0 Å². The molecule has 0 fully saturated rings. The Labute approximate surface area is 199 Å². The molecule has 2 unspecified atom stereocenters. The first-order chi connectivity index (χ1) is 16.1. The van der Waals surface area contributed by atoms with Gasteiger partial charge in [0.2, 0.25) is 0 Å². The molecule has 0 aliphatic rings. The number of para-hydroxylation sites is 2. The zero-order chi connectivity index (χ0) is 23.2. The number of nitrogens with one attached hydrogen (secondary N) is 1. The lowest BCUT2D eigenvalue weighted by Crippen LogP contribution is -2.28. The van der Waals surface area contributed by atoms with Gasteiger partial charge in [0, 0.05) is 6.54 Å². The van der Waals surface area contributed by atoms with Gasteiger partial charge in [0.1, 0.15) is 11.6 Å². The van der Waals surface area contributed by atoms with Crippen molar-refractivity contribution < 1.29 is 9.53 Å². The number of carbonyl (C=O) groups is 1. The first-order valence-corrected chi connectivity index (χ1v) is 12.5. The summed E-state index contributed by atoms with van der Waals surface area (Å²) in [4.78, 5) is 18.1. The van der Waals surface area contributed by atoms with Gasteiger partial charge in [-0.1, -0.05) is 44.2 Å². The maximum atomic E-state index is 12.6. The molecule has 0 saturated heterocycles. The fourth-order valence-corrected chi connectivity index (χ4v) is 4.57. The van der Waals surface area contributed by atoms with Crippen molar-refractivity contribution in [3.05, 3.63) is 82.3 Å². The van der Waals surface area contributed by atoms with Crippen LogP contribution in [0.3, 0.4) is 0 Å². The molecule has 2 aromatic carbocycles. The lowest BCUT2D eigenvalue weighted by Gasteiger charge is -2.16. The summed E-state index contributed by atoms with van der Waals surface area (Å²) in [6, 6.07) is 20.0. The Morgan fingerprint density at radius 2 is 1.88 bits per heavy atom. The fraction of sp³-hybridized carbons (Fsp3) is 0.333. The molecule has 2 heterocycles. The van der Waals surface area contributed by atoms with Crippen molar-refractivity contribution in [2.75, 3.05) is 6.61 Å². The van der Waals surface area contributed by atoms with Crippen LogP contribution in [-0.4, -0.2) is 22.1 Å². The number of imidazole rings is 1. The lowest BCUT2D eigenvalue weighted by atomic mass is 9.99. The number of ether oxygens (including phenoxy) is 1. The predicted octanol–water partition coefficient (Wildman–Crippen LogP) is 6.57. The summed E-state index contributed by atoms with van der Waals surface area (Å²) in [5.41, 5.74) is 3.35. The van der Waals surface area contributed by atoms with Crippen molar-refractivity contribution >= 4 is 28.3 Å². The second kappa shape index (κ2) is 10.7. The zero-order valence-electron chi connectivity index (χ0n) is 19.5. The predicted molar refractivity (Wildman–Crippen MR) is 135 cm³/mol. The topological polar surface area (TPSA) is 56.1 Å². The minimum absolute atomic E-state index is 0.0692. The molecule has 5 nitrogen and oxygen atoms in total. The summed E-state index contributed by atoms with van der Waals surface area (Å²) < 4.78 is 8.20. The summed E-state index contributed by atoms with van der Waals surface area (Å²) >= 11 is 1.44. The number of fused-ring (bicyclic) bond motifs is 1. The van der Waals surface area contributed by atoms with Crippen LogP contribution in [0.2, 0.25) is 0 Å². The van der Waals surface area contributed by atoms with E-state index < -0.39 is 0 Å². The Bertz CT molecular complexity index is 1180. The Morgan fingerprint density at radius 3 is 2.61 bits per heavy atom. The molecule has 6 heteroatoms. The number of thiophene rings is 1. The number of aromatic nitrogens is 2. The maximum absolute atomic E-state index is 12.6. The van der Waals surface area contributed by atoms with Crippen LogP contribution in [-0.2, 0) is 6.54 Å². The highest BCUT2D eigenvalue weighted by atomic mass is 32.1. The van der Waals surface area contributed by atoms with Crippen molar-refractivity contribution in [1.82, 2.24) is 14.9 Å². The number of hydrogen-bond acceptors (Lipinski definition) is 4. The van der Waals surface area contributed by atoms with Gasteiger partial charge in [-0.25, -0.2) is 4.98 Å². The first-order valence-electron chi connectivity index (χ1n) is 11.6. The number of benzene rings is 2. The molecule has 4 aromatic rings. The fourth-order valence-electron chi connectivity index (χ4n) is 3.94. The summed E-state index contributed by atoms with van der Waals surface area (Å²) in [5.74, 6) is 2.25. The number of hydrogen-bond donors (Lipinski definition) is 1. The second-order valence-corrected chi connectivity index (χ2v) is 9.31. The molecular formula is C27H31N3O2S. The van der Waals surface area contributed by atoms with E-state index in [9.17, 15) is 4.79 Å². The number of nitrogens with zero attached hydrogens (tertiary/aromatic N) is 2. The van der Waals surface area contributed by atoms with Gasteiger partial charge >= 0.3 is 0 Å². The number of amides is 1. The molecule has 0 aliphatic carbocycles. The lowest BCUT2D eigenvalue weighted by molar-refractivity contribution is 0.0941. The summed E-state index contributed by atoms with van der Waals surface area (Å²) in [7, 11) is 0. The normalized spacial score (nSPS) is 13.1. The minimum Gasteiger partial charge on any atom is -0.494 e. The Morgan fingerprint density at radius 1 is 1.09 bits per heavy atom. The standard InChI is InChI=1S/C27H31N3O2S/c1-4-19(2)21-12-14-22(15-13-21)32-17-8-16-30-24-10-6-5-9-23(24)29-26(30)20(3)28-27(31)25-11-7-18-33-25/h5-7,9-15,18-20H,4,8,16-17H2,1-3H3,(H,28,31). The summed E-state index contributed by atoms with van der Waals surface area (Å²) in [6.07, 6.45) is 1.97. The van der Waals surface area contributed by atoms with Crippen molar-refractivity contribution in [3.63, 3.8) is 0 Å². The second-order valence-electron chi connectivity index (χ2n) is 8.36. The molecule has 0 saturated carbocycles. The molecule has 4 rings (SSSR count). The van der Waals surface area contributed by atoms with Gasteiger partial charge in [-0.2, -0.15) is 0 Å². The third-order valence-electron chi connectivity index (χ3n) is 6.02. The summed E-state index contributed by atoms with van der Waals surface area (Å²) in [5, 5.41) is 5.00. The van der Waals surface area contributed by atoms with Crippen LogP contribution in [0.25, 0.3) is 11.0 Å². The van der Waals surface area contributed by atoms with E-state index in [1.54, 1.807) is 0 Å². The van der Waals surface area contributed by atoms with Gasteiger partial charge in [-0.3, -0.25) is 4.79 Å². The highest BCUT2D eigenvalue weighted by Gasteiger charge is 2.19. The molecule has 1 N–H and O–H groups in total. The smallest absolute Gasteiger partial charge is 0.261 e. The van der Waals surface area contributed by atoms with Crippen LogP contribution in [0.5, 0.6) is 5.75 Å². The molecule has 172 valence electrons. The monoisotopic (exact) mass is 461 g/mol. The van der Waals surface area contributed by atoms with Crippen LogP contribution >= 0.6 is 11.3 Å². The van der Waals surface area contributed by atoms with Crippen molar-refractivity contribution in [2.45, 2.75) is 52.1 Å². The van der Waals surface area contributed by atoms with Gasteiger partial charge in [0.05, 0.1) is 28.6 Å². The van der Waals surface area contributed by atoms with Gasteiger partial charge < -0.3 is 14.6 Å². The van der Waals surface area contributed by atoms with Crippen LogP contribution in [0.1, 0.15) is 66.6 Å². The van der Waals surface area contributed by atoms with Gasteiger partial charge in [0.25, 0.3) is 5.91 Å². The average Bonchev–Trinajstić information content (AvgIpc) is 3.50. The van der Waals surface area contributed by atoms with E-state index in [2.05, 4.69) is 54.1 Å². The highest BCUT2D eigenvalue weighted by Crippen LogP contribution is 2.23. The van der Waals surface area contributed by atoms with E-state index in [4.69, 9.17) is 9.72 Å². The van der Waals surface area contributed by atoms with Crippen molar-refractivity contribution in [2.24, 2.45) is 0 Å². The van der Waals surface area contributed by atoms with Crippen LogP contribution < -0.4 is 10.1 Å². The molecule has 0 radical (unpaired) electrons. The van der Waals surface area contributed by atoms with Crippen LogP contribution in [0.4, 0.5) is 0 Å². The Hall–Kier alpha value is -3.12. The Kier molecular flexibility index (Phi) is 7.45. The van der Waals surface area contributed by atoms with E-state index in [0.717, 1.165) is 42.0 Å². The van der Waals surface area contributed by atoms with Crippen molar-refractivity contribution in [3.8, 4) is 5.75 Å². The molecule has 0 bridgehead atoms. The molecule has 33 heavy (non-hydrogen) atoms. The molecule has 2 atom stereocenters. The third kappa shape index (κ3) is 5.45. The van der Waals surface area contributed by atoms with E-state index in [1.165, 1.54) is 16.9 Å². The van der Waals surface area contributed by atoms with E-state index in [-0.39, 0.29) is 11.9 Å². The molecule has 1 amide bonds. The van der Waals surface area contributed by atoms with Gasteiger partial charge in [-0.15, -0.1) is 11.3 Å². The SMILES string of the molecule is CCC(C)c1ccc(OCCCn2c(C(C)NC(=O)c3cccs3)nc3ccccc32)cc1. The highest BCUT2D eigenvalue weighted by molar-refractivity contribution is 7.12. The molecule has 0 spiro atoms. The Balaban J connectivity index is 1.42. The minimum atomic E-state index is -0.207. The third-order valence-corrected chi connectivity index (χ3v) is 6.89. The van der Waals surface area contributed by atoms with E-state index in [1.807, 2.05) is 42.6 Å². The number of rotatable bonds is 10. The first kappa shape index (κ1) is 23.1. The summed E-state index contributed by atoms with van der Waals surface area (Å²) in [6.45, 7) is 7.81. The molecule has 0 aliphatic heterocycles. The van der Waals surface area contributed by atoms with Gasteiger partial charge in [0.15, 0.2) is 0 Å². The number of aryl methyl sites for hydroxylation is 1. The zero-order valence-corrected chi connectivity index (χ0v) is 20.3. The van der Waals surface area contributed by atoms with E-state index in [0.29, 0.717) is 17.4 Å². The quantitative estimate of drug-likeness (QED) is 0.272. The van der Waals surface area contributed by atoms with Gasteiger partial charge in [-0.05, 0) is 67.0 Å². The average molecular weight is 462 g/mol. The largest absolute Gasteiger partial charge is 0.494 e. The van der Waals surface area contributed by atoms with E-state index >= 15 is 0 Å². The molecule has 2 aromatic heterocycles. The van der Waals surface area contributed by atoms with Crippen LogP contribution in [0.15, 0.2) is 66.0 Å². The van der Waals surface area contributed by atoms with Crippen LogP contribution in [0, 0.1) is 0 Å². The molecular weight excluding hydrogens is 430 g/mol. The number of carbonyl (C=O) groups excluding carboxylic acids is 1. The maximum Gasteiger partial charge on any atom is 0.261 e.